The Bertz CT molecular complexity index is 450. The standard InChI is InChI=1S/C17H24FNO2/c1-13(2)21-17(20)11-14-7-9-19(10-8-14)12-15-3-5-16(18)6-4-15/h3-6,13-14H,7-12H2,1-2H3. The van der Waals surface area contributed by atoms with Crippen LogP contribution in [-0.4, -0.2) is 30.1 Å². The highest BCUT2D eigenvalue weighted by atomic mass is 19.1. The summed E-state index contributed by atoms with van der Waals surface area (Å²) in [7, 11) is 0. The Labute approximate surface area is 126 Å². The zero-order valence-corrected chi connectivity index (χ0v) is 12.8. The third kappa shape index (κ3) is 5.46. The van der Waals surface area contributed by atoms with Crippen LogP contribution in [-0.2, 0) is 16.1 Å². The summed E-state index contributed by atoms with van der Waals surface area (Å²) in [6.45, 7) is 6.57. The Morgan fingerprint density at radius 2 is 1.90 bits per heavy atom. The summed E-state index contributed by atoms with van der Waals surface area (Å²) in [4.78, 5) is 14.0. The molecule has 3 nitrogen and oxygen atoms in total. The maximum atomic E-state index is 12.9. The average Bonchev–Trinajstić information content (AvgIpc) is 2.42. The van der Waals surface area contributed by atoms with Gasteiger partial charge in [-0.05, 0) is 63.4 Å². The average molecular weight is 293 g/mol. The van der Waals surface area contributed by atoms with E-state index in [1.54, 1.807) is 0 Å². The fourth-order valence-electron chi connectivity index (χ4n) is 2.74. The Morgan fingerprint density at radius 3 is 2.48 bits per heavy atom. The molecule has 2 rings (SSSR count). The fraction of sp³-hybridized carbons (Fsp3) is 0.588. The van der Waals surface area contributed by atoms with Crippen molar-refractivity contribution in [3.05, 3.63) is 35.6 Å². The molecule has 1 aliphatic heterocycles. The molecule has 0 aliphatic carbocycles. The second-order valence-electron chi connectivity index (χ2n) is 6.09. The second-order valence-corrected chi connectivity index (χ2v) is 6.09. The highest BCUT2D eigenvalue weighted by molar-refractivity contribution is 5.69. The number of halogens is 1. The number of ether oxygens (including phenoxy) is 1. The molecule has 1 aromatic carbocycles. The van der Waals surface area contributed by atoms with E-state index in [1.807, 2.05) is 26.0 Å². The van der Waals surface area contributed by atoms with Crippen molar-refractivity contribution in [2.45, 2.75) is 45.8 Å². The minimum absolute atomic E-state index is 0.0314. The molecule has 0 atom stereocenters. The van der Waals surface area contributed by atoms with Gasteiger partial charge in [0.2, 0.25) is 0 Å². The Morgan fingerprint density at radius 1 is 1.29 bits per heavy atom. The van der Waals surface area contributed by atoms with E-state index in [0.717, 1.165) is 38.0 Å². The first-order valence-electron chi connectivity index (χ1n) is 7.69. The maximum Gasteiger partial charge on any atom is 0.306 e. The lowest BCUT2D eigenvalue weighted by atomic mass is 9.93. The molecule has 0 amide bonds. The number of esters is 1. The van der Waals surface area contributed by atoms with Gasteiger partial charge in [-0.25, -0.2) is 4.39 Å². The monoisotopic (exact) mass is 293 g/mol. The van der Waals surface area contributed by atoms with Crippen LogP contribution >= 0.6 is 0 Å². The molecule has 1 heterocycles. The van der Waals surface area contributed by atoms with Gasteiger partial charge in [0.15, 0.2) is 0 Å². The first-order valence-corrected chi connectivity index (χ1v) is 7.69. The maximum absolute atomic E-state index is 12.9. The van der Waals surface area contributed by atoms with E-state index in [1.165, 1.54) is 12.1 Å². The van der Waals surface area contributed by atoms with Crippen LogP contribution in [0, 0.1) is 11.7 Å². The minimum Gasteiger partial charge on any atom is -0.463 e. The molecule has 0 radical (unpaired) electrons. The summed E-state index contributed by atoms with van der Waals surface area (Å²) in [6.07, 6.45) is 2.54. The molecule has 0 saturated carbocycles. The van der Waals surface area contributed by atoms with Gasteiger partial charge in [-0.2, -0.15) is 0 Å². The number of carbonyl (C=O) groups excluding carboxylic acids is 1. The van der Waals surface area contributed by atoms with Crippen LogP contribution in [0.5, 0.6) is 0 Å². The quantitative estimate of drug-likeness (QED) is 0.779. The smallest absolute Gasteiger partial charge is 0.306 e. The highest BCUT2D eigenvalue weighted by Crippen LogP contribution is 2.22. The van der Waals surface area contributed by atoms with Crippen LogP contribution < -0.4 is 0 Å². The lowest BCUT2D eigenvalue weighted by Gasteiger charge is -2.31. The third-order valence-corrected chi connectivity index (χ3v) is 3.85. The number of nitrogens with zero attached hydrogens (tertiary/aromatic N) is 1. The van der Waals surface area contributed by atoms with Crippen molar-refractivity contribution < 1.29 is 13.9 Å². The molecule has 1 saturated heterocycles. The van der Waals surface area contributed by atoms with Gasteiger partial charge in [-0.3, -0.25) is 9.69 Å². The van der Waals surface area contributed by atoms with Crippen molar-refractivity contribution in [3.63, 3.8) is 0 Å². The third-order valence-electron chi connectivity index (χ3n) is 3.85. The van der Waals surface area contributed by atoms with Gasteiger partial charge in [0, 0.05) is 13.0 Å². The van der Waals surface area contributed by atoms with Gasteiger partial charge in [-0.15, -0.1) is 0 Å². The highest BCUT2D eigenvalue weighted by Gasteiger charge is 2.22. The van der Waals surface area contributed by atoms with Gasteiger partial charge in [0.25, 0.3) is 0 Å². The Hall–Kier alpha value is -1.42. The van der Waals surface area contributed by atoms with Crippen molar-refractivity contribution in [1.82, 2.24) is 4.90 Å². The molecule has 1 fully saturated rings. The minimum atomic E-state index is -0.193. The number of likely N-dealkylation sites (tertiary alicyclic amines) is 1. The van der Waals surface area contributed by atoms with E-state index in [2.05, 4.69) is 4.90 Å². The van der Waals surface area contributed by atoms with E-state index >= 15 is 0 Å². The van der Waals surface area contributed by atoms with E-state index < -0.39 is 0 Å². The van der Waals surface area contributed by atoms with Gasteiger partial charge in [-0.1, -0.05) is 12.1 Å². The van der Waals surface area contributed by atoms with E-state index in [0.29, 0.717) is 12.3 Å². The summed E-state index contributed by atoms with van der Waals surface area (Å²) in [6, 6.07) is 6.68. The van der Waals surface area contributed by atoms with Crippen molar-refractivity contribution in [1.29, 1.82) is 0 Å². The van der Waals surface area contributed by atoms with Gasteiger partial charge >= 0.3 is 5.97 Å². The van der Waals surface area contributed by atoms with E-state index in [4.69, 9.17) is 4.74 Å². The second kappa shape index (κ2) is 7.55. The molecule has 1 aromatic rings. The lowest BCUT2D eigenvalue weighted by molar-refractivity contribution is -0.148. The van der Waals surface area contributed by atoms with E-state index in [9.17, 15) is 9.18 Å². The van der Waals surface area contributed by atoms with Crippen molar-refractivity contribution >= 4 is 5.97 Å². The predicted octanol–water partition coefficient (Wildman–Crippen LogP) is 3.38. The molecular weight excluding hydrogens is 269 g/mol. The summed E-state index contributed by atoms with van der Waals surface area (Å²) < 4.78 is 18.1. The lowest BCUT2D eigenvalue weighted by Crippen LogP contribution is -2.34. The Kier molecular flexibility index (Phi) is 5.74. The number of rotatable bonds is 5. The molecule has 1 aliphatic rings. The van der Waals surface area contributed by atoms with Gasteiger partial charge in [0.1, 0.15) is 5.82 Å². The van der Waals surface area contributed by atoms with Crippen LogP contribution in [0.25, 0.3) is 0 Å². The number of hydrogen-bond donors (Lipinski definition) is 0. The molecule has 4 heteroatoms. The molecule has 21 heavy (non-hydrogen) atoms. The van der Waals surface area contributed by atoms with Crippen LogP contribution in [0.3, 0.4) is 0 Å². The fourth-order valence-corrected chi connectivity index (χ4v) is 2.74. The molecule has 116 valence electrons. The first-order chi connectivity index (χ1) is 10.0. The normalized spacial score (nSPS) is 17.1. The number of piperidine rings is 1. The number of carbonyl (C=O) groups is 1. The van der Waals surface area contributed by atoms with Crippen LogP contribution in [0.15, 0.2) is 24.3 Å². The van der Waals surface area contributed by atoms with E-state index in [-0.39, 0.29) is 17.9 Å². The topological polar surface area (TPSA) is 29.5 Å². The molecule has 0 aromatic heterocycles. The van der Waals surface area contributed by atoms with Gasteiger partial charge in [0.05, 0.1) is 6.10 Å². The first kappa shape index (κ1) is 16.0. The molecule has 0 spiro atoms. The molecule has 0 unspecified atom stereocenters. The number of benzene rings is 1. The molecule has 0 bridgehead atoms. The largest absolute Gasteiger partial charge is 0.463 e. The summed E-state index contributed by atoms with van der Waals surface area (Å²) >= 11 is 0. The van der Waals surface area contributed by atoms with Crippen LogP contribution in [0.4, 0.5) is 4.39 Å². The zero-order chi connectivity index (χ0) is 15.2. The molecule has 0 N–H and O–H groups in total. The zero-order valence-electron chi connectivity index (χ0n) is 12.8. The van der Waals surface area contributed by atoms with Crippen molar-refractivity contribution in [2.24, 2.45) is 5.92 Å². The SMILES string of the molecule is CC(C)OC(=O)CC1CCN(Cc2ccc(F)cc2)CC1. The van der Waals surface area contributed by atoms with Gasteiger partial charge < -0.3 is 4.74 Å². The summed E-state index contributed by atoms with van der Waals surface area (Å²) in [5.41, 5.74) is 1.13. The predicted molar refractivity (Wildman–Crippen MR) is 80.2 cm³/mol. The van der Waals surface area contributed by atoms with Crippen molar-refractivity contribution in [2.75, 3.05) is 13.1 Å². The molecular formula is C17H24FNO2. The Balaban J connectivity index is 1.73. The van der Waals surface area contributed by atoms with Crippen molar-refractivity contribution in [3.8, 4) is 0 Å². The van der Waals surface area contributed by atoms with Crippen LogP contribution in [0.1, 0.15) is 38.7 Å². The summed E-state index contributed by atoms with van der Waals surface area (Å²) in [5.74, 6) is 0.156. The summed E-state index contributed by atoms with van der Waals surface area (Å²) in [5, 5.41) is 0. The van der Waals surface area contributed by atoms with Crippen LogP contribution in [0.2, 0.25) is 0 Å². The number of hydrogen-bond acceptors (Lipinski definition) is 3.